The number of aromatic nitrogens is 4. The maximum absolute atomic E-state index is 6.03. The van der Waals surface area contributed by atoms with E-state index in [1.54, 1.807) is 12.4 Å². The van der Waals surface area contributed by atoms with Crippen LogP contribution in [0.3, 0.4) is 0 Å². The second-order valence-electron chi connectivity index (χ2n) is 6.83. The van der Waals surface area contributed by atoms with Gasteiger partial charge in [-0.3, -0.25) is 5.10 Å². The van der Waals surface area contributed by atoms with Gasteiger partial charge in [0.15, 0.2) is 0 Å². The van der Waals surface area contributed by atoms with Gasteiger partial charge in [-0.2, -0.15) is 5.10 Å². The molecular formula is C24H17ClN4O. The first-order valence-corrected chi connectivity index (χ1v) is 9.87. The largest absolute Gasteiger partial charge is 0.487 e. The van der Waals surface area contributed by atoms with Crippen molar-refractivity contribution in [2.45, 2.75) is 6.61 Å². The van der Waals surface area contributed by atoms with Crippen molar-refractivity contribution in [3.8, 4) is 28.1 Å². The molecule has 146 valence electrons. The van der Waals surface area contributed by atoms with Gasteiger partial charge in [-0.15, -0.1) is 0 Å². The van der Waals surface area contributed by atoms with Crippen molar-refractivity contribution in [1.82, 2.24) is 20.2 Å². The summed E-state index contributed by atoms with van der Waals surface area (Å²) < 4.78 is 5.93. The second kappa shape index (κ2) is 7.97. The van der Waals surface area contributed by atoms with Crippen LogP contribution in [0.1, 0.15) is 5.69 Å². The minimum Gasteiger partial charge on any atom is -0.487 e. The van der Waals surface area contributed by atoms with Crippen LogP contribution in [-0.2, 0) is 6.61 Å². The Bertz CT molecular complexity index is 1310. The number of hydrogen-bond donors (Lipinski definition) is 1. The molecule has 5 nitrogen and oxygen atoms in total. The van der Waals surface area contributed by atoms with Gasteiger partial charge in [0.1, 0.15) is 17.5 Å². The Labute approximate surface area is 178 Å². The molecule has 0 radical (unpaired) electrons. The smallest absolute Gasteiger partial charge is 0.130 e. The molecule has 1 N–H and O–H groups in total. The highest BCUT2D eigenvalue weighted by molar-refractivity contribution is 6.29. The lowest BCUT2D eigenvalue weighted by molar-refractivity contribution is 0.302. The number of pyridine rings is 2. The lowest BCUT2D eigenvalue weighted by Gasteiger charge is -2.08. The average Bonchev–Trinajstić information content (AvgIpc) is 3.28. The first-order chi connectivity index (χ1) is 14.8. The lowest BCUT2D eigenvalue weighted by atomic mass is 10.0. The van der Waals surface area contributed by atoms with Crippen molar-refractivity contribution in [3.63, 3.8) is 0 Å². The molecule has 0 bridgehead atoms. The van der Waals surface area contributed by atoms with E-state index in [1.807, 2.05) is 60.7 Å². The minimum atomic E-state index is 0.412. The van der Waals surface area contributed by atoms with Crippen molar-refractivity contribution in [2.24, 2.45) is 0 Å². The molecule has 0 aliphatic heterocycles. The van der Waals surface area contributed by atoms with E-state index in [4.69, 9.17) is 16.3 Å². The van der Waals surface area contributed by atoms with Gasteiger partial charge in [-0.05, 0) is 54.1 Å². The minimum absolute atomic E-state index is 0.412. The van der Waals surface area contributed by atoms with Crippen LogP contribution in [0.4, 0.5) is 0 Å². The number of halogens is 1. The number of para-hydroxylation sites is 1. The highest BCUT2D eigenvalue weighted by Gasteiger charge is 2.11. The summed E-state index contributed by atoms with van der Waals surface area (Å²) in [6.07, 6.45) is 3.48. The SMILES string of the molecule is Clc1cc(-c2cn[nH]c2-c2ccc(OCc3ccc4ccccc4n3)cc2)ccn1. The Morgan fingerprint density at radius 3 is 2.63 bits per heavy atom. The van der Waals surface area contributed by atoms with E-state index in [9.17, 15) is 0 Å². The average molecular weight is 413 g/mol. The van der Waals surface area contributed by atoms with E-state index < -0.39 is 0 Å². The predicted octanol–water partition coefficient (Wildman–Crippen LogP) is 5.92. The normalized spacial score (nSPS) is 11.0. The number of nitrogens with zero attached hydrogens (tertiary/aromatic N) is 3. The van der Waals surface area contributed by atoms with Gasteiger partial charge >= 0.3 is 0 Å². The van der Waals surface area contributed by atoms with Crippen LogP contribution >= 0.6 is 11.6 Å². The molecule has 3 aromatic heterocycles. The summed E-state index contributed by atoms with van der Waals surface area (Å²) >= 11 is 6.03. The Hall–Kier alpha value is -3.70. The van der Waals surface area contributed by atoms with Crippen molar-refractivity contribution in [1.29, 1.82) is 0 Å². The Morgan fingerprint density at radius 1 is 0.900 bits per heavy atom. The van der Waals surface area contributed by atoms with Gasteiger partial charge in [-0.25, -0.2) is 9.97 Å². The molecule has 0 saturated heterocycles. The first-order valence-electron chi connectivity index (χ1n) is 9.49. The van der Waals surface area contributed by atoms with Gasteiger partial charge in [0.2, 0.25) is 0 Å². The van der Waals surface area contributed by atoms with Crippen molar-refractivity contribution in [2.75, 3.05) is 0 Å². The van der Waals surface area contributed by atoms with Gasteiger partial charge < -0.3 is 4.74 Å². The summed E-state index contributed by atoms with van der Waals surface area (Å²) in [5.74, 6) is 0.779. The fourth-order valence-electron chi connectivity index (χ4n) is 3.36. The molecule has 0 unspecified atom stereocenters. The van der Waals surface area contributed by atoms with Crippen LogP contribution in [0.25, 0.3) is 33.3 Å². The lowest BCUT2D eigenvalue weighted by Crippen LogP contribution is -1.98. The van der Waals surface area contributed by atoms with Gasteiger partial charge in [0.05, 0.1) is 23.1 Å². The molecule has 5 rings (SSSR count). The molecule has 0 aliphatic rings. The number of rotatable bonds is 5. The molecule has 0 atom stereocenters. The Balaban J connectivity index is 1.33. The van der Waals surface area contributed by atoms with Gasteiger partial charge in [-0.1, -0.05) is 35.9 Å². The van der Waals surface area contributed by atoms with Crippen molar-refractivity contribution >= 4 is 22.5 Å². The number of benzene rings is 2. The summed E-state index contributed by atoms with van der Waals surface area (Å²) in [5, 5.41) is 8.84. The molecule has 5 aromatic rings. The van der Waals surface area contributed by atoms with Crippen LogP contribution in [0, 0.1) is 0 Å². The van der Waals surface area contributed by atoms with E-state index in [0.29, 0.717) is 11.8 Å². The van der Waals surface area contributed by atoms with E-state index in [0.717, 1.165) is 44.7 Å². The summed E-state index contributed by atoms with van der Waals surface area (Å²) in [6, 6.07) is 23.7. The van der Waals surface area contributed by atoms with E-state index in [2.05, 4.69) is 32.3 Å². The van der Waals surface area contributed by atoms with E-state index >= 15 is 0 Å². The third-order valence-corrected chi connectivity index (χ3v) is 5.07. The molecule has 0 amide bonds. The first kappa shape index (κ1) is 18.3. The summed E-state index contributed by atoms with van der Waals surface area (Å²) in [4.78, 5) is 8.69. The molecule has 0 spiro atoms. The van der Waals surface area contributed by atoms with Crippen LogP contribution in [-0.4, -0.2) is 20.2 Å². The van der Waals surface area contributed by atoms with Crippen molar-refractivity contribution < 1.29 is 4.74 Å². The molecule has 6 heteroatoms. The number of fused-ring (bicyclic) bond motifs is 1. The number of nitrogens with one attached hydrogen (secondary N) is 1. The zero-order valence-electron chi connectivity index (χ0n) is 15.9. The molecule has 2 aromatic carbocycles. The maximum atomic E-state index is 6.03. The highest BCUT2D eigenvalue weighted by Crippen LogP contribution is 2.31. The molecule has 0 fully saturated rings. The van der Waals surface area contributed by atoms with E-state index in [1.165, 1.54) is 0 Å². The van der Waals surface area contributed by atoms with Crippen molar-refractivity contribution in [3.05, 3.63) is 96.0 Å². The van der Waals surface area contributed by atoms with Crippen LogP contribution < -0.4 is 4.74 Å². The summed E-state index contributed by atoms with van der Waals surface area (Å²) in [7, 11) is 0. The summed E-state index contributed by atoms with van der Waals surface area (Å²) in [5.41, 5.74) is 5.71. The second-order valence-corrected chi connectivity index (χ2v) is 7.22. The Morgan fingerprint density at radius 2 is 1.77 bits per heavy atom. The fraction of sp³-hybridized carbons (Fsp3) is 0.0417. The van der Waals surface area contributed by atoms with Gasteiger partial charge in [0.25, 0.3) is 0 Å². The fourth-order valence-corrected chi connectivity index (χ4v) is 3.53. The van der Waals surface area contributed by atoms with Crippen LogP contribution in [0.5, 0.6) is 5.75 Å². The monoisotopic (exact) mass is 412 g/mol. The molecule has 0 saturated carbocycles. The number of aromatic amines is 1. The third-order valence-electron chi connectivity index (χ3n) is 4.86. The zero-order chi connectivity index (χ0) is 20.3. The number of H-pyrrole nitrogens is 1. The van der Waals surface area contributed by atoms with Crippen LogP contribution in [0.2, 0.25) is 5.15 Å². The number of ether oxygens (including phenoxy) is 1. The van der Waals surface area contributed by atoms with Gasteiger partial charge in [0, 0.05) is 22.7 Å². The zero-order valence-corrected chi connectivity index (χ0v) is 16.7. The highest BCUT2D eigenvalue weighted by atomic mass is 35.5. The quantitative estimate of drug-likeness (QED) is 0.364. The maximum Gasteiger partial charge on any atom is 0.130 e. The molecule has 3 heterocycles. The van der Waals surface area contributed by atoms with E-state index in [-0.39, 0.29) is 0 Å². The van der Waals surface area contributed by atoms with Crippen LogP contribution in [0.15, 0.2) is 85.2 Å². The molecule has 30 heavy (non-hydrogen) atoms. The summed E-state index contributed by atoms with van der Waals surface area (Å²) in [6.45, 7) is 0.412. The predicted molar refractivity (Wildman–Crippen MR) is 118 cm³/mol. The topological polar surface area (TPSA) is 63.7 Å². The number of hydrogen-bond acceptors (Lipinski definition) is 4. The molecular weight excluding hydrogens is 396 g/mol. The Kier molecular flexibility index (Phi) is 4.87. The molecule has 0 aliphatic carbocycles. The third kappa shape index (κ3) is 3.75. The standard InChI is InChI=1S/C24H17ClN4O/c25-23-13-18(11-12-26-23)21-14-27-29-24(21)17-6-9-20(10-7-17)30-15-19-8-5-16-3-1-2-4-22(16)28-19/h1-14H,15H2,(H,27,29).